The highest BCUT2D eigenvalue weighted by atomic mass is 16.2. The molecule has 184 valence electrons. The maximum absolute atomic E-state index is 12.8. The Balaban J connectivity index is 1.42. The van der Waals surface area contributed by atoms with E-state index in [9.17, 15) is 9.59 Å². The first-order valence-electron chi connectivity index (χ1n) is 11.5. The summed E-state index contributed by atoms with van der Waals surface area (Å²) in [7, 11) is 0. The number of nitrogen functional groups attached to an aromatic ring is 1. The molecule has 0 radical (unpaired) electrons. The molecular formula is C25H27N9O2. The van der Waals surface area contributed by atoms with Crippen LogP contribution in [0.3, 0.4) is 0 Å². The monoisotopic (exact) mass is 485 g/mol. The second kappa shape index (κ2) is 9.58. The molecular weight excluding hydrogens is 458 g/mol. The topological polar surface area (TPSA) is 175 Å². The van der Waals surface area contributed by atoms with Gasteiger partial charge in [0.2, 0.25) is 11.9 Å². The lowest BCUT2D eigenvalue weighted by Crippen LogP contribution is -2.50. The Labute approximate surface area is 208 Å². The van der Waals surface area contributed by atoms with Crippen LogP contribution in [0.25, 0.3) is 11.1 Å². The van der Waals surface area contributed by atoms with E-state index in [1.165, 1.54) is 17.1 Å². The molecule has 36 heavy (non-hydrogen) atoms. The maximum atomic E-state index is 12.8. The zero-order valence-electron chi connectivity index (χ0n) is 20.1. The van der Waals surface area contributed by atoms with Gasteiger partial charge in [-0.1, -0.05) is 30.7 Å². The Morgan fingerprint density at radius 3 is 2.42 bits per heavy atom. The van der Waals surface area contributed by atoms with Gasteiger partial charge in [0.1, 0.15) is 17.9 Å². The van der Waals surface area contributed by atoms with Crippen LogP contribution in [0.2, 0.25) is 0 Å². The van der Waals surface area contributed by atoms with Crippen LogP contribution in [-0.2, 0) is 16.8 Å². The van der Waals surface area contributed by atoms with E-state index in [0.717, 1.165) is 36.0 Å². The Hall–Kier alpha value is -4.59. The highest BCUT2D eigenvalue weighted by Gasteiger charge is 2.43. The van der Waals surface area contributed by atoms with Crippen LogP contribution in [0.15, 0.2) is 49.1 Å². The van der Waals surface area contributed by atoms with Gasteiger partial charge in [-0.05, 0) is 37.8 Å². The number of nitrogens with zero attached hydrogens (tertiary/aromatic N) is 5. The zero-order chi connectivity index (χ0) is 25.9. The molecule has 2 heterocycles. The summed E-state index contributed by atoms with van der Waals surface area (Å²) >= 11 is 0. The Bertz CT molecular complexity index is 1330. The Morgan fingerprint density at radius 1 is 1.17 bits per heavy atom. The largest absolute Gasteiger partial charge is 0.368 e. The van der Waals surface area contributed by atoms with Crippen LogP contribution >= 0.6 is 0 Å². The van der Waals surface area contributed by atoms with Crippen LogP contribution in [0.5, 0.6) is 0 Å². The lowest BCUT2D eigenvalue weighted by atomic mass is 9.63. The molecule has 2 amide bonds. The van der Waals surface area contributed by atoms with Crippen LogP contribution in [-0.4, -0.2) is 42.9 Å². The SMILES string of the molecule is CC(C)(C#N)NC(=O)Cn1cc(C(=O)NC(=N)C2(c3ccc(-c4cnc(N)nc4)cc3)CCC2)cn1. The fraction of sp³-hybridized carbons (Fsp3) is 0.320. The zero-order valence-corrected chi connectivity index (χ0v) is 20.1. The van der Waals surface area contributed by atoms with E-state index in [2.05, 4.69) is 25.7 Å². The van der Waals surface area contributed by atoms with Gasteiger partial charge in [-0.25, -0.2) is 9.97 Å². The minimum Gasteiger partial charge on any atom is -0.368 e. The summed E-state index contributed by atoms with van der Waals surface area (Å²) in [6.45, 7) is 3.05. The fourth-order valence-corrected chi connectivity index (χ4v) is 4.12. The van der Waals surface area contributed by atoms with Crippen LogP contribution in [0.1, 0.15) is 49.0 Å². The van der Waals surface area contributed by atoms with Crippen LogP contribution in [0, 0.1) is 16.7 Å². The molecule has 5 N–H and O–H groups in total. The highest BCUT2D eigenvalue weighted by Crippen LogP contribution is 2.44. The van der Waals surface area contributed by atoms with Crippen molar-refractivity contribution in [1.29, 1.82) is 10.7 Å². The number of hydrogen-bond donors (Lipinski definition) is 4. The van der Waals surface area contributed by atoms with E-state index >= 15 is 0 Å². The summed E-state index contributed by atoms with van der Waals surface area (Å²) in [6, 6.07) is 9.81. The van der Waals surface area contributed by atoms with Gasteiger partial charge in [0.25, 0.3) is 5.91 Å². The third kappa shape index (κ3) is 5.07. The molecule has 11 nitrogen and oxygen atoms in total. The van der Waals surface area contributed by atoms with Gasteiger partial charge < -0.3 is 16.4 Å². The maximum Gasteiger partial charge on any atom is 0.259 e. The summed E-state index contributed by atoms with van der Waals surface area (Å²) in [4.78, 5) is 33.0. The molecule has 1 fully saturated rings. The van der Waals surface area contributed by atoms with Crippen molar-refractivity contribution >= 4 is 23.6 Å². The first-order chi connectivity index (χ1) is 17.1. The molecule has 1 saturated carbocycles. The predicted molar refractivity (Wildman–Crippen MR) is 133 cm³/mol. The number of carbonyl (C=O) groups excluding carboxylic acids is 2. The molecule has 0 saturated heterocycles. The molecule has 0 bridgehead atoms. The fourth-order valence-electron chi connectivity index (χ4n) is 4.12. The van der Waals surface area contributed by atoms with Crippen molar-refractivity contribution in [1.82, 2.24) is 30.4 Å². The van der Waals surface area contributed by atoms with Gasteiger partial charge in [0.15, 0.2) is 0 Å². The number of carbonyl (C=O) groups is 2. The van der Waals surface area contributed by atoms with Crippen molar-refractivity contribution in [3.05, 3.63) is 60.2 Å². The Kier molecular flexibility index (Phi) is 6.53. The first-order valence-corrected chi connectivity index (χ1v) is 11.5. The summed E-state index contributed by atoms with van der Waals surface area (Å²) in [5.41, 5.74) is 6.95. The van der Waals surface area contributed by atoms with Crippen molar-refractivity contribution in [3.8, 4) is 17.2 Å². The van der Waals surface area contributed by atoms with Crippen LogP contribution in [0.4, 0.5) is 5.95 Å². The summed E-state index contributed by atoms with van der Waals surface area (Å²) in [5, 5.41) is 27.1. The third-order valence-electron chi connectivity index (χ3n) is 6.30. The summed E-state index contributed by atoms with van der Waals surface area (Å²) in [5.74, 6) is -0.522. The number of nitrogens with one attached hydrogen (secondary N) is 3. The molecule has 0 aliphatic heterocycles. The van der Waals surface area contributed by atoms with Crippen LogP contribution < -0.4 is 16.4 Å². The van der Waals surface area contributed by atoms with Crippen molar-refractivity contribution in [2.24, 2.45) is 0 Å². The van der Waals surface area contributed by atoms with Gasteiger partial charge in [-0.3, -0.25) is 19.7 Å². The number of anilines is 1. The average molecular weight is 486 g/mol. The van der Waals surface area contributed by atoms with Gasteiger partial charge in [-0.2, -0.15) is 10.4 Å². The highest BCUT2D eigenvalue weighted by molar-refractivity contribution is 6.09. The predicted octanol–water partition coefficient (Wildman–Crippen LogP) is 2.17. The minimum absolute atomic E-state index is 0.128. The van der Waals surface area contributed by atoms with Gasteiger partial charge in [-0.15, -0.1) is 0 Å². The van der Waals surface area contributed by atoms with Gasteiger partial charge in [0, 0.05) is 24.2 Å². The number of rotatable bonds is 7. The Morgan fingerprint density at radius 2 is 1.83 bits per heavy atom. The molecule has 0 spiro atoms. The molecule has 4 rings (SSSR count). The number of amides is 2. The first kappa shape index (κ1) is 24.5. The molecule has 1 aromatic carbocycles. The number of aromatic nitrogens is 4. The molecule has 1 aliphatic rings. The lowest BCUT2D eigenvalue weighted by molar-refractivity contribution is -0.122. The summed E-state index contributed by atoms with van der Waals surface area (Å²) in [6.07, 6.45) is 8.58. The van der Waals surface area contributed by atoms with Gasteiger partial charge in [0.05, 0.1) is 23.2 Å². The molecule has 11 heteroatoms. The van der Waals surface area contributed by atoms with Crippen molar-refractivity contribution in [2.75, 3.05) is 5.73 Å². The minimum atomic E-state index is -1.00. The number of amidine groups is 1. The van der Waals surface area contributed by atoms with Gasteiger partial charge >= 0.3 is 0 Å². The second-order valence-electron chi connectivity index (χ2n) is 9.38. The van der Waals surface area contributed by atoms with E-state index in [0.29, 0.717) is 0 Å². The van der Waals surface area contributed by atoms with E-state index in [-0.39, 0.29) is 23.9 Å². The molecule has 1 aliphatic carbocycles. The third-order valence-corrected chi connectivity index (χ3v) is 6.30. The number of hydrogen-bond acceptors (Lipinski definition) is 8. The summed E-state index contributed by atoms with van der Waals surface area (Å²) < 4.78 is 1.32. The van der Waals surface area contributed by atoms with E-state index in [1.807, 2.05) is 30.3 Å². The van der Waals surface area contributed by atoms with E-state index in [4.69, 9.17) is 16.4 Å². The van der Waals surface area contributed by atoms with Crippen molar-refractivity contribution in [2.45, 2.75) is 50.6 Å². The molecule has 0 unspecified atom stereocenters. The van der Waals surface area contributed by atoms with E-state index < -0.39 is 22.8 Å². The quantitative estimate of drug-likeness (QED) is 0.293. The number of nitrogens with two attached hydrogens (primary N) is 1. The van der Waals surface area contributed by atoms with E-state index in [1.54, 1.807) is 26.2 Å². The van der Waals surface area contributed by atoms with Crippen molar-refractivity contribution < 1.29 is 9.59 Å². The molecule has 2 aromatic heterocycles. The standard InChI is InChI=1S/C25H27N9O2/c1-24(2,15-26)33-20(35)14-34-13-18(12-31-34)21(36)32-22(27)25(8-3-9-25)19-6-4-16(5-7-19)17-10-29-23(28)30-11-17/h4-7,10-13H,3,8-9,14H2,1-2H3,(H,33,35)(H2,27,32,36)(H2,28,29,30). The lowest BCUT2D eigenvalue weighted by Gasteiger charge is -2.42. The number of nitriles is 1. The normalized spacial score (nSPS) is 14.2. The molecule has 0 atom stereocenters. The smallest absolute Gasteiger partial charge is 0.259 e. The molecule has 3 aromatic rings. The van der Waals surface area contributed by atoms with Crippen molar-refractivity contribution in [3.63, 3.8) is 0 Å². The second-order valence-corrected chi connectivity index (χ2v) is 9.38. The average Bonchev–Trinajstić information content (AvgIpc) is 3.27. The number of benzene rings is 1.